The second-order valence-electron chi connectivity index (χ2n) is 22.2. The first-order valence-electron chi connectivity index (χ1n) is 24.2. The standard InChI is InChI=1S/C47H76O19/c1-18-13-22(21-11-12-45(4)23-9-10-29-46(5,14-26(50)40(59)47(29,6)17-49)24(23)7-8-25(45)30(21)19(18)2)41(60)66-44-37(57)34(54)32(52)28(64-44)16-61-42-38(58)35(55)39(27(15-48)63-42)65-43-36(56)33(53)31(51)20(3)62-43/h8,18-24,26-40,42-44,48-59H,7,9-17H2,1-6H3/t18?,19?,20?,21?,22?,23?,24?,26?,27?,28?,29?,30?,31-,32+,33?,34?,35?,36?,37?,38?,39+,40?,42?,43?,44?,45?,46?,47?/m0/s1. The van der Waals surface area contributed by atoms with E-state index in [1.54, 1.807) is 0 Å². The number of carbonyl (C=O) groups excluding carboxylic acids is 1. The van der Waals surface area contributed by atoms with E-state index in [-0.39, 0.29) is 52.9 Å². The van der Waals surface area contributed by atoms with E-state index in [2.05, 4.69) is 33.8 Å². The number of esters is 1. The van der Waals surface area contributed by atoms with Gasteiger partial charge in [0.1, 0.15) is 67.1 Å². The number of fused-ring (bicyclic) bond motifs is 7. The highest BCUT2D eigenvalue weighted by atomic mass is 16.8. The number of aliphatic hydroxyl groups is 12. The summed E-state index contributed by atoms with van der Waals surface area (Å²) < 4.78 is 34.3. The van der Waals surface area contributed by atoms with Crippen LogP contribution in [-0.4, -0.2) is 191 Å². The van der Waals surface area contributed by atoms with Crippen LogP contribution >= 0.6 is 0 Å². The molecule has 0 spiro atoms. The Kier molecular flexibility index (Phi) is 14.6. The molecule has 5 aliphatic carbocycles. The zero-order valence-corrected chi connectivity index (χ0v) is 38.8. The minimum Gasteiger partial charge on any atom is -0.432 e. The van der Waals surface area contributed by atoms with Crippen molar-refractivity contribution in [3.8, 4) is 0 Å². The van der Waals surface area contributed by atoms with Gasteiger partial charge < -0.3 is 89.7 Å². The lowest BCUT2D eigenvalue weighted by atomic mass is 9.38. The average molecular weight is 945 g/mol. The Morgan fingerprint density at radius 3 is 2.08 bits per heavy atom. The van der Waals surface area contributed by atoms with Crippen LogP contribution in [0.5, 0.6) is 0 Å². The maximum Gasteiger partial charge on any atom is 0.311 e. The Morgan fingerprint density at radius 2 is 1.39 bits per heavy atom. The monoisotopic (exact) mass is 944 g/mol. The number of hydrogen-bond donors (Lipinski definition) is 12. The molecule has 8 aliphatic rings. The Bertz CT molecular complexity index is 1750. The van der Waals surface area contributed by atoms with E-state index in [1.165, 1.54) is 12.5 Å². The lowest BCUT2D eigenvalue weighted by molar-refractivity contribution is -0.361. The molecule has 12 N–H and O–H groups in total. The van der Waals surface area contributed by atoms with Crippen LogP contribution in [0.4, 0.5) is 0 Å². The van der Waals surface area contributed by atoms with Crippen LogP contribution in [0.25, 0.3) is 0 Å². The molecule has 3 heterocycles. The number of rotatable bonds is 9. The molecule has 0 aromatic rings. The third-order valence-corrected chi connectivity index (χ3v) is 18.8. The van der Waals surface area contributed by atoms with Crippen LogP contribution in [0, 0.1) is 63.6 Å². The molecule has 28 atom stereocenters. The second kappa shape index (κ2) is 18.9. The number of aliphatic hydroxyl groups excluding tert-OH is 12. The van der Waals surface area contributed by atoms with Crippen LogP contribution in [0.1, 0.15) is 86.5 Å². The molecule has 19 nitrogen and oxygen atoms in total. The van der Waals surface area contributed by atoms with E-state index in [0.717, 1.165) is 32.1 Å². The maximum atomic E-state index is 14.4. The quantitative estimate of drug-likeness (QED) is 0.0918. The zero-order valence-electron chi connectivity index (χ0n) is 38.8. The molecular formula is C47H76O19. The van der Waals surface area contributed by atoms with Gasteiger partial charge in [0.05, 0.1) is 44.1 Å². The molecule has 25 unspecified atom stereocenters. The fourth-order valence-electron chi connectivity index (χ4n) is 14.7. The normalized spacial score (nSPS) is 56.2. The maximum absolute atomic E-state index is 14.4. The fraction of sp³-hybridized carbons (Fsp3) is 0.936. The Balaban J connectivity index is 0.933. The van der Waals surface area contributed by atoms with Gasteiger partial charge in [-0.1, -0.05) is 46.3 Å². The number of allylic oxidation sites excluding steroid dienone is 2. The Morgan fingerprint density at radius 1 is 0.742 bits per heavy atom. The van der Waals surface area contributed by atoms with Gasteiger partial charge in [-0.2, -0.15) is 0 Å². The van der Waals surface area contributed by atoms with Crippen LogP contribution in [0.2, 0.25) is 0 Å². The first kappa shape index (κ1) is 50.9. The molecule has 0 radical (unpaired) electrons. The SMILES string of the molecule is CC1CC(C(=O)OC2OC(COC3OC(CO)[C@@H](OC4OC(C)[C@H](O)C(O)C4O)C(O)C3O)[C@@H](O)C(O)C2O)C2CCC3(C)C(=CCC4C3CCC3C(C)(CO)C(O)C(O)CC43C)C2C1C. The summed E-state index contributed by atoms with van der Waals surface area (Å²) in [7, 11) is 0. The summed E-state index contributed by atoms with van der Waals surface area (Å²) in [5, 5.41) is 129. The van der Waals surface area contributed by atoms with Crippen molar-refractivity contribution in [2.24, 2.45) is 63.6 Å². The zero-order chi connectivity index (χ0) is 48.1. The molecule has 3 saturated heterocycles. The van der Waals surface area contributed by atoms with E-state index < -0.39 is 135 Å². The van der Waals surface area contributed by atoms with Gasteiger partial charge in [-0.25, -0.2) is 0 Å². The molecule has 66 heavy (non-hydrogen) atoms. The van der Waals surface area contributed by atoms with Crippen molar-refractivity contribution >= 4 is 5.97 Å². The summed E-state index contributed by atoms with van der Waals surface area (Å²) in [6, 6.07) is 0. The molecule has 19 heteroatoms. The molecule has 0 aromatic heterocycles. The third kappa shape index (κ3) is 8.24. The second-order valence-corrected chi connectivity index (χ2v) is 22.2. The lowest BCUT2D eigenvalue weighted by Gasteiger charge is -2.67. The number of hydrogen-bond acceptors (Lipinski definition) is 19. The highest BCUT2D eigenvalue weighted by molar-refractivity contribution is 5.73. The van der Waals surface area contributed by atoms with Gasteiger partial charge >= 0.3 is 5.97 Å². The van der Waals surface area contributed by atoms with Gasteiger partial charge in [-0.05, 0) is 104 Å². The molecule has 378 valence electrons. The summed E-state index contributed by atoms with van der Waals surface area (Å²) in [5.41, 5.74) is 0.0866. The van der Waals surface area contributed by atoms with Gasteiger partial charge in [0.25, 0.3) is 0 Å². The van der Waals surface area contributed by atoms with E-state index >= 15 is 0 Å². The van der Waals surface area contributed by atoms with Crippen LogP contribution in [0.3, 0.4) is 0 Å². The number of carbonyl (C=O) groups is 1. The van der Waals surface area contributed by atoms with E-state index in [1.807, 2.05) is 6.92 Å². The minimum atomic E-state index is -1.85. The van der Waals surface area contributed by atoms with Crippen molar-refractivity contribution in [1.82, 2.24) is 0 Å². The highest BCUT2D eigenvalue weighted by Gasteiger charge is 2.66. The largest absolute Gasteiger partial charge is 0.432 e. The van der Waals surface area contributed by atoms with Crippen molar-refractivity contribution in [2.45, 2.75) is 191 Å². The van der Waals surface area contributed by atoms with Crippen LogP contribution in [-0.2, 0) is 33.2 Å². The summed E-state index contributed by atoms with van der Waals surface area (Å²) in [6.45, 7) is 10.7. The van der Waals surface area contributed by atoms with E-state index in [4.69, 9.17) is 28.4 Å². The Labute approximate surface area is 385 Å². The van der Waals surface area contributed by atoms with Gasteiger partial charge in [0.2, 0.25) is 6.29 Å². The van der Waals surface area contributed by atoms with Crippen molar-refractivity contribution in [2.75, 3.05) is 19.8 Å². The van der Waals surface area contributed by atoms with Crippen molar-refractivity contribution in [3.05, 3.63) is 11.6 Å². The van der Waals surface area contributed by atoms with E-state index in [0.29, 0.717) is 18.8 Å². The predicted octanol–water partition coefficient (Wildman–Crippen LogP) is -1.57. The molecule has 0 amide bonds. The van der Waals surface area contributed by atoms with Gasteiger partial charge in [-0.15, -0.1) is 0 Å². The summed E-state index contributed by atoms with van der Waals surface area (Å²) in [6.07, 6.45) is -18.6. The smallest absolute Gasteiger partial charge is 0.311 e. The van der Waals surface area contributed by atoms with Crippen LogP contribution < -0.4 is 0 Å². The van der Waals surface area contributed by atoms with Crippen LogP contribution in [0.15, 0.2) is 11.6 Å². The van der Waals surface area contributed by atoms with Gasteiger partial charge in [-0.3, -0.25) is 4.79 Å². The minimum absolute atomic E-state index is 0.0458. The van der Waals surface area contributed by atoms with Gasteiger partial charge in [0.15, 0.2) is 12.6 Å². The predicted molar refractivity (Wildman–Crippen MR) is 227 cm³/mol. The summed E-state index contributed by atoms with van der Waals surface area (Å²) >= 11 is 0. The molecular weight excluding hydrogens is 868 g/mol. The third-order valence-electron chi connectivity index (χ3n) is 18.8. The summed E-state index contributed by atoms with van der Waals surface area (Å²) in [4.78, 5) is 14.4. The highest BCUT2D eigenvalue weighted by Crippen LogP contribution is 2.70. The molecule has 0 bridgehead atoms. The fourth-order valence-corrected chi connectivity index (χ4v) is 14.7. The molecule has 7 fully saturated rings. The first-order chi connectivity index (χ1) is 31.0. The van der Waals surface area contributed by atoms with Crippen molar-refractivity contribution in [3.63, 3.8) is 0 Å². The number of ether oxygens (including phenoxy) is 6. The molecule has 0 aromatic carbocycles. The molecule has 4 saturated carbocycles. The molecule has 3 aliphatic heterocycles. The Hall–Kier alpha value is -1.47. The average Bonchev–Trinajstić information content (AvgIpc) is 3.29. The topological polar surface area (TPSA) is 315 Å². The lowest BCUT2D eigenvalue weighted by Crippen LogP contribution is -2.65. The van der Waals surface area contributed by atoms with Crippen molar-refractivity contribution in [1.29, 1.82) is 0 Å². The summed E-state index contributed by atoms with van der Waals surface area (Å²) in [5.74, 6) is -0.222. The van der Waals surface area contributed by atoms with Gasteiger partial charge in [0, 0.05) is 5.41 Å². The molecule has 8 rings (SSSR count). The first-order valence-corrected chi connectivity index (χ1v) is 24.2. The van der Waals surface area contributed by atoms with E-state index in [9.17, 15) is 66.1 Å². The van der Waals surface area contributed by atoms with Crippen molar-refractivity contribution < 1.29 is 94.5 Å².